The van der Waals surface area contributed by atoms with Crippen LogP contribution in [0.25, 0.3) is 0 Å². The molecule has 1 rings (SSSR count). The molecule has 0 bridgehead atoms. The molecule has 1 fully saturated rings. The average molecular weight is 270 g/mol. The Balaban J connectivity index is 2.08. The van der Waals surface area contributed by atoms with Crippen LogP contribution in [0.4, 0.5) is 0 Å². The Labute approximate surface area is 120 Å². The Morgan fingerprint density at radius 3 is 2.47 bits per heavy atom. The number of nitrogens with zero attached hydrogens (tertiary/aromatic N) is 1. The van der Waals surface area contributed by atoms with Crippen molar-refractivity contribution in [2.75, 3.05) is 39.4 Å². The van der Waals surface area contributed by atoms with E-state index in [1.165, 1.54) is 32.4 Å². The van der Waals surface area contributed by atoms with E-state index in [2.05, 4.69) is 37.9 Å². The van der Waals surface area contributed by atoms with E-state index in [9.17, 15) is 0 Å². The zero-order chi connectivity index (χ0) is 14.1. The summed E-state index contributed by atoms with van der Waals surface area (Å²) in [5.41, 5.74) is 0. The van der Waals surface area contributed by atoms with Gasteiger partial charge in [0.15, 0.2) is 0 Å². The van der Waals surface area contributed by atoms with Crippen LogP contribution >= 0.6 is 0 Å². The molecule has 114 valence electrons. The van der Waals surface area contributed by atoms with Crippen LogP contribution in [0.2, 0.25) is 0 Å². The Kier molecular flexibility index (Phi) is 8.67. The molecule has 1 N–H and O–H groups in total. The van der Waals surface area contributed by atoms with Crippen molar-refractivity contribution in [3.8, 4) is 0 Å². The fourth-order valence-electron chi connectivity index (χ4n) is 2.73. The van der Waals surface area contributed by atoms with Crippen LogP contribution in [0.5, 0.6) is 0 Å². The number of nitrogens with one attached hydrogen (secondary N) is 1. The predicted octanol–water partition coefficient (Wildman–Crippen LogP) is 2.76. The van der Waals surface area contributed by atoms with Crippen LogP contribution in [0.1, 0.15) is 47.0 Å². The molecule has 3 heteroatoms. The highest BCUT2D eigenvalue weighted by atomic mass is 16.5. The zero-order valence-electron chi connectivity index (χ0n) is 13.5. The van der Waals surface area contributed by atoms with Crippen molar-refractivity contribution in [3.05, 3.63) is 0 Å². The maximum Gasteiger partial charge on any atom is 0.0593 e. The first-order valence-corrected chi connectivity index (χ1v) is 8.17. The summed E-state index contributed by atoms with van der Waals surface area (Å²) in [7, 11) is 0. The number of likely N-dealkylation sites (tertiary alicyclic amines) is 1. The van der Waals surface area contributed by atoms with Crippen molar-refractivity contribution in [2.24, 2.45) is 11.8 Å². The van der Waals surface area contributed by atoms with Crippen molar-refractivity contribution in [1.82, 2.24) is 10.2 Å². The molecule has 0 aromatic rings. The topological polar surface area (TPSA) is 24.5 Å². The zero-order valence-corrected chi connectivity index (χ0v) is 13.5. The third-order valence-electron chi connectivity index (χ3n) is 4.06. The summed E-state index contributed by atoms with van der Waals surface area (Å²) in [6.07, 6.45) is 3.90. The first-order chi connectivity index (χ1) is 9.13. The highest BCUT2D eigenvalue weighted by molar-refractivity contribution is 4.79. The van der Waals surface area contributed by atoms with Gasteiger partial charge in [-0.3, -0.25) is 0 Å². The molecule has 0 amide bonds. The van der Waals surface area contributed by atoms with E-state index < -0.39 is 0 Å². The molecule has 0 spiro atoms. The molecule has 3 nitrogen and oxygen atoms in total. The van der Waals surface area contributed by atoms with Crippen molar-refractivity contribution in [2.45, 2.75) is 53.0 Å². The Hall–Kier alpha value is -0.120. The number of piperidine rings is 1. The standard InChI is InChI=1S/C16H34N2O/c1-5-8-17-15(4)16-6-9-18(10-7-16)11-12-19-13-14(2)3/h14-17H,5-13H2,1-4H3. The Morgan fingerprint density at radius 1 is 1.21 bits per heavy atom. The smallest absolute Gasteiger partial charge is 0.0593 e. The van der Waals surface area contributed by atoms with E-state index in [1.807, 2.05) is 0 Å². The molecule has 0 aromatic carbocycles. The maximum atomic E-state index is 5.67. The molecule has 1 aliphatic rings. The monoisotopic (exact) mass is 270 g/mol. The number of hydrogen-bond acceptors (Lipinski definition) is 3. The van der Waals surface area contributed by atoms with E-state index >= 15 is 0 Å². The molecular formula is C16H34N2O. The summed E-state index contributed by atoms with van der Waals surface area (Å²) in [5.74, 6) is 1.51. The predicted molar refractivity (Wildman–Crippen MR) is 82.6 cm³/mol. The second kappa shape index (κ2) is 9.73. The van der Waals surface area contributed by atoms with Crippen LogP contribution in [0.15, 0.2) is 0 Å². The lowest BCUT2D eigenvalue weighted by Gasteiger charge is -2.35. The van der Waals surface area contributed by atoms with Gasteiger partial charge in [0.1, 0.15) is 0 Å². The minimum atomic E-state index is 0.649. The molecule has 0 aliphatic carbocycles. The molecule has 0 aromatic heterocycles. The first-order valence-electron chi connectivity index (χ1n) is 8.17. The van der Waals surface area contributed by atoms with Gasteiger partial charge in [0.2, 0.25) is 0 Å². The van der Waals surface area contributed by atoms with Crippen molar-refractivity contribution >= 4 is 0 Å². The van der Waals surface area contributed by atoms with Crippen LogP contribution in [-0.4, -0.2) is 50.3 Å². The van der Waals surface area contributed by atoms with Gasteiger partial charge in [-0.2, -0.15) is 0 Å². The second-order valence-corrected chi connectivity index (χ2v) is 6.39. The second-order valence-electron chi connectivity index (χ2n) is 6.39. The third-order valence-corrected chi connectivity index (χ3v) is 4.06. The molecule has 1 unspecified atom stereocenters. The molecule has 1 saturated heterocycles. The van der Waals surface area contributed by atoms with Crippen LogP contribution in [0, 0.1) is 11.8 Å². The summed E-state index contributed by atoms with van der Waals surface area (Å²) in [6, 6.07) is 0.680. The lowest BCUT2D eigenvalue weighted by atomic mass is 9.90. The third kappa shape index (κ3) is 7.28. The van der Waals surface area contributed by atoms with Gasteiger partial charge < -0.3 is 15.0 Å². The van der Waals surface area contributed by atoms with E-state index in [0.29, 0.717) is 12.0 Å². The molecule has 1 atom stereocenters. The highest BCUT2D eigenvalue weighted by Crippen LogP contribution is 2.20. The van der Waals surface area contributed by atoms with E-state index in [0.717, 1.165) is 32.2 Å². The number of ether oxygens (including phenoxy) is 1. The lowest BCUT2D eigenvalue weighted by molar-refractivity contribution is 0.0710. The summed E-state index contributed by atoms with van der Waals surface area (Å²) < 4.78 is 5.67. The Bertz CT molecular complexity index is 213. The van der Waals surface area contributed by atoms with Crippen molar-refractivity contribution < 1.29 is 4.74 Å². The fourth-order valence-corrected chi connectivity index (χ4v) is 2.73. The van der Waals surface area contributed by atoms with E-state index in [1.54, 1.807) is 0 Å². The number of rotatable bonds is 9. The SMILES string of the molecule is CCCNC(C)C1CCN(CCOCC(C)C)CC1. The van der Waals surface area contributed by atoms with Crippen LogP contribution < -0.4 is 5.32 Å². The van der Waals surface area contributed by atoms with Crippen molar-refractivity contribution in [3.63, 3.8) is 0 Å². The van der Waals surface area contributed by atoms with Gasteiger partial charge >= 0.3 is 0 Å². The molecule has 0 saturated carbocycles. The summed E-state index contributed by atoms with van der Waals surface area (Å²) >= 11 is 0. The first kappa shape index (κ1) is 16.9. The van der Waals surface area contributed by atoms with Gasteiger partial charge in [0, 0.05) is 19.2 Å². The Morgan fingerprint density at radius 2 is 1.89 bits per heavy atom. The van der Waals surface area contributed by atoms with Gasteiger partial charge in [-0.25, -0.2) is 0 Å². The van der Waals surface area contributed by atoms with E-state index in [-0.39, 0.29) is 0 Å². The average Bonchev–Trinajstić information content (AvgIpc) is 2.41. The van der Waals surface area contributed by atoms with Gasteiger partial charge in [0.25, 0.3) is 0 Å². The summed E-state index contributed by atoms with van der Waals surface area (Å²) in [5, 5.41) is 3.64. The molecule has 1 heterocycles. The minimum absolute atomic E-state index is 0.649. The molecular weight excluding hydrogens is 236 g/mol. The molecule has 0 radical (unpaired) electrons. The van der Waals surface area contributed by atoms with Crippen molar-refractivity contribution in [1.29, 1.82) is 0 Å². The van der Waals surface area contributed by atoms with Gasteiger partial charge in [-0.05, 0) is 57.7 Å². The van der Waals surface area contributed by atoms with E-state index in [4.69, 9.17) is 4.74 Å². The maximum absolute atomic E-state index is 5.67. The lowest BCUT2D eigenvalue weighted by Crippen LogP contribution is -2.43. The molecule has 19 heavy (non-hydrogen) atoms. The summed E-state index contributed by atoms with van der Waals surface area (Å²) in [4.78, 5) is 2.56. The van der Waals surface area contributed by atoms with Gasteiger partial charge in [0.05, 0.1) is 6.61 Å². The quantitative estimate of drug-likeness (QED) is 0.652. The van der Waals surface area contributed by atoms with Crippen LogP contribution in [0.3, 0.4) is 0 Å². The normalized spacial score (nSPS) is 20.1. The van der Waals surface area contributed by atoms with Crippen LogP contribution in [-0.2, 0) is 4.74 Å². The fraction of sp³-hybridized carbons (Fsp3) is 1.00. The number of hydrogen-bond donors (Lipinski definition) is 1. The van der Waals surface area contributed by atoms with Gasteiger partial charge in [-0.15, -0.1) is 0 Å². The van der Waals surface area contributed by atoms with Gasteiger partial charge in [-0.1, -0.05) is 20.8 Å². The highest BCUT2D eigenvalue weighted by Gasteiger charge is 2.23. The largest absolute Gasteiger partial charge is 0.380 e. The minimum Gasteiger partial charge on any atom is -0.380 e. The molecule has 1 aliphatic heterocycles. The summed E-state index contributed by atoms with van der Waals surface area (Å²) in [6.45, 7) is 15.5.